The third-order valence-electron chi connectivity index (χ3n) is 5.58. The summed E-state index contributed by atoms with van der Waals surface area (Å²) in [6.45, 7) is 3.66. The summed E-state index contributed by atoms with van der Waals surface area (Å²) >= 11 is 0. The Morgan fingerprint density at radius 1 is 1.06 bits per heavy atom. The van der Waals surface area contributed by atoms with E-state index in [0.29, 0.717) is 44.2 Å². The van der Waals surface area contributed by atoms with E-state index >= 15 is 0 Å². The molecular formula is C23H25F3N4O4. The second-order valence-electron chi connectivity index (χ2n) is 8.06. The number of carbonyl (C=O) groups is 2. The molecule has 8 nitrogen and oxygen atoms in total. The van der Waals surface area contributed by atoms with E-state index < -0.39 is 22.4 Å². The van der Waals surface area contributed by atoms with Crippen LogP contribution in [0.4, 0.5) is 24.5 Å². The number of carbonyl (C=O) groups excluding carboxylic acids is 2. The molecule has 1 N–H and O–H groups in total. The molecule has 2 aromatic carbocycles. The number of hydrogen-bond donors (Lipinski definition) is 1. The van der Waals surface area contributed by atoms with E-state index in [4.69, 9.17) is 0 Å². The number of nitro groups is 1. The SMILES string of the molecule is Cc1cccc(C(=O)N2CCCN(C(=O)CCNc3ccc(C(F)(F)F)cc3[N+](=O)[O-])CC2)c1. The van der Waals surface area contributed by atoms with E-state index in [-0.39, 0.29) is 30.5 Å². The number of alkyl halides is 3. The van der Waals surface area contributed by atoms with Crippen LogP contribution in [0.3, 0.4) is 0 Å². The Bertz CT molecular complexity index is 1070. The van der Waals surface area contributed by atoms with Crippen molar-refractivity contribution in [2.24, 2.45) is 0 Å². The largest absolute Gasteiger partial charge is 0.416 e. The van der Waals surface area contributed by atoms with Crippen LogP contribution in [0.1, 0.15) is 34.3 Å². The number of halogens is 3. The molecule has 0 bridgehead atoms. The maximum Gasteiger partial charge on any atom is 0.416 e. The van der Waals surface area contributed by atoms with Gasteiger partial charge in [-0.2, -0.15) is 13.2 Å². The van der Waals surface area contributed by atoms with Gasteiger partial charge in [-0.05, 0) is 37.6 Å². The summed E-state index contributed by atoms with van der Waals surface area (Å²) in [5.41, 5.74) is -0.325. The summed E-state index contributed by atoms with van der Waals surface area (Å²) in [7, 11) is 0. The highest BCUT2D eigenvalue weighted by atomic mass is 19.4. The zero-order valence-corrected chi connectivity index (χ0v) is 18.6. The summed E-state index contributed by atoms with van der Waals surface area (Å²) in [6.07, 6.45) is -4.08. The molecule has 34 heavy (non-hydrogen) atoms. The Balaban J connectivity index is 1.55. The van der Waals surface area contributed by atoms with Gasteiger partial charge in [-0.25, -0.2) is 0 Å². The molecule has 1 saturated heterocycles. The minimum Gasteiger partial charge on any atom is -0.379 e. The van der Waals surface area contributed by atoms with Gasteiger partial charge < -0.3 is 15.1 Å². The van der Waals surface area contributed by atoms with Gasteiger partial charge in [0.15, 0.2) is 0 Å². The summed E-state index contributed by atoms with van der Waals surface area (Å²) < 4.78 is 38.5. The van der Waals surface area contributed by atoms with Crippen LogP contribution in [0.5, 0.6) is 0 Å². The molecule has 1 heterocycles. The van der Waals surface area contributed by atoms with Crippen LogP contribution in [0.15, 0.2) is 42.5 Å². The lowest BCUT2D eigenvalue weighted by Crippen LogP contribution is -2.37. The summed E-state index contributed by atoms with van der Waals surface area (Å²) in [5.74, 6) is -0.291. The molecule has 11 heteroatoms. The molecule has 0 aromatic heterocycles. The molecular weight excluding hydrogens is 453 g/mol. The first-order valence-electron chi connectivity index (χ1n) is 10.8. The topological polar surface area (TPSA) is 95.8 Å². The average Bonchev–Trinajstić information content (AvgIpc) is 3.04. The third kappa shape index (κ3) is 6.24. The molecule has 1 aliphatic heterocycles. The van der Waals surface area contributed by atoms with E-state index in [2.05, 4.69) is 5.32 Å². The molecule has 1 aliphatic rings. The highest BCUT2D eigenvalue weighted by Crippen LogP contribution is 2.34. The maximum absolute atomic E-state index is 12.8. The zero-order chi connectivity index (χ0) is 24.9. The summed E-state index contributed by atoms with van der Waals surface area (Å²) in [5, 5.41) is 13.9. The fourth-order valence-electron chi connectivity index (χ4n) is 3.80. The quantitative estimate of drug-likeness (QED) is 0.498. The second kappa shape index (κ2) is 10.5. The second-order valence-corrected chi connectivity index (χ2v) is 8.06. The predicted molar refractivity (Wildman–Crippen MR) is 119 cm³/mol. The molecule has 0 aliphatic carbocycles. The Morgan fingerprint density at radius 3 is 2.44 bits per heavy atom. The fraction of sp³-hybridized carbons (Fsp3) is 0.391. The first kappa shape index (κ1) is 25.0. The van der Waals surface area contributed by atoms with Crippen molar-refractivity contribution in [2.45, 2.75) is 25.9 Å². The van der Waals surface area contributed by atoms with Crippen LogP contribution in [0, 0.1) is 17.0 Å². The molecule has 0 radical (unpaired) electrons. The number of hydrogen-bond acceptors (Lipinski definition) is 5. The number of benzene rings is 2. The lowest BCUT2D eigenvalue weighted by molar-refractivity contribution is -0.384. The third-order valence-corrected chi connectivity index (χ3v) is 5.58. The van der Waals surface area contributed by atoms with Crippen molar-refractivity contribution in [1.29, 1.82) is 0 Å². The number of amides is 2. The molecule has 1 fully saturated rings. The predicted octanol–water partition coefficient (Wildman–Crippen LogP) is 4.10. The van der Waals surface area contributed by atoms with E-state index in [0.717, 1.165) is 17.7 Å². The Hall–Kier alpha value is -3.63. The molecule has 182 valence electrons. The van der Waals surface area contributed by atoms with Crippen molar-refractivity contribution in [1.82, 2.24) is 9.80 Å². The number of nitro benzene ring substituents is 1. The minimum atomic E-state index is -4.69. The monoisotopic (exact) mass is 478 g/mol. The molecule has 0 unspecified atom stereocenters. The molecule has 0 spiro atoms. The Labute approximate surface area is 194 Å². The minimum absolute atomic E-state index is 0.00397. The maximum atomic E-state index is 12.8. The summed E-state index contributed by atoms with van der Waals surface area (Å²) in [4.78, 5) is 39.0. The van der Waals surface area contributed by atoms with Gasteiger partial charge in [-0.3, -0.25) is 19.7 Å². The molecule has 3 rings (SSSR count). The van der Waals surface area contributed by atoms with Crippen molar-refractivity contribution in [3.63, 3.8) is 0 Å². The van der Waals surface area contributed by atoms with Crippen LogP contribution >= 0.6 is 0 Å². The Kier molecular flexibility index (Phi) is 7.75. The van der Waals surface area contributed by atoms with Crippen LogP contribution in [-0.2, 0) is 11.0 Å². The highest BCUT2D eigenvalue weighted by Gasteiger charge is 2.33. The average molecular weight is 478 g/mol. The van der Waals surface area contributed by atoms with Crippen LogP contribution in [0.25, 0.3) is 0 Å². The smallest absolute Gasteiger partial charge is 0.379 e. The number of nitrogens with zero attached hydrogens (tertiary/aromatic N) is 3. The zero-order valence-electron chi connectivity index (χ0n) is 18.6. The molecule has 2 aromatic rings. The van der Waals surface area contributed by atoms with Crippen molar-refractivity contribution >= 4 is 23.2 Å². The van der Waals surface area contributed by atoms with Gasteiger partial charge in [0.05, 0.1) is 10.5 Å². The molecule has 2 amide bonds. The van der Waals surface area contributed by atoms with Crippen molar-refractivity contribution in [3.8, 4) is 0 Å². The first-order valence-corrected chi connectivity index (χ1v) is 10.8. The lowest BCUT2D eigenvalue weighted by atomic mass is 10.1. The normalized spacial score (nSPS) is 14.5. The lowest BCUT2D eigenvalue weighted by Gasteiger charge is -2.22. The molecule has 0 saturated carbocycles. The van der Waals surface area contributed by atoms with Gasteiger partial charge >= 0.3 is 6.18 Å². The summed E-state index contributed by atoms with van der Waals surface area (Å²) in [6, 6.07) is 9.53. The standard InChI is InChI=1S/C23H25F3N4O4/c1-16-4-2-5-17(14-16)22(32)29-11-3-10-28(12-13-29)21(31)8-9-27-19-7-6-18(23(24,25)26)15-20(19)30(33)34/h2,4-7,14-15,27H,3,8-13H2,1H3. The highest BCUT2D eigenvalue weighted by molar-refractivity contribution is 5.94. The van der Waals surface area contributed by atoms with E-state index in [9.17, 15) is 32.9 Å². The Morgan fingerprint density at radius 2 is 1.76 bits per heavy atom. The van der Waals surface area contributed by atoms with Crippen molar-refractivity contribution < 1.29 is 27.7 Å². The van der Waals surface area contributed by atoms with Gasteiger partial charge in [0.2, 0.25) is 5.91 Å². The van der Waals surface area contributed by atoms with Gasteiger partial charge in [0, 0.05) is 50.8 Å². The number of nitrogens with one attached hydrogen (secondary N) is 1. The van der Waals surface area contributed by atoms with Gasteiger partial charge in [-0.15, -0.1) is 0 Å². The van der Waals surface area contributed by atoms with Gasteiger partial charge in [0.25, 0.3) is 11.6 Å². The number of anilines is 1. The van der Waals surface area contributed by atoms with Crippen molar-refractivity contribution in [2.75, 3.05) is 38.0 Å². The first-order chi connectivity index (χ1) is 16.1. The van der Waals surface area contributed by atoms with Crippen LogP contribution in [0.2, 0.25) is 0 Å². The van der Waals surface area contributed by atoms with Gasteiger partial charge in [-0.1, -0.05) is 17.7 Å². The van der Waals surface area contributed by atoms with Crippen LogP contribution < -0.4 is 5.32 Å². The van der Waals surface area contributed by atoms with E-state index in [1.54, 1.807) is 15.9 Å². The van der Waals surface area contributed by atoms with E-state index in [1.165, 1.54) is 0 Å². The molecule has 0 atom stereocenters. The van der Waals surface area contributed by atoms with Gasteiger partial charge in [0.1, 0.15) is 5.69 Å². The fourth-order valence-corrected chi connectivity index (χ4v) is 3.80. The van der Waals surface area contributed by atoms with Crippen molar-refractivity contribution in [3.05, 3.63) is 69.3 Å². The van der Waals surface area contributed by atoms with E-state index in [1.807, 2.05) is 25.1 Å². The number of aryl methyl sites for hydroxylation is 1. The number of rotatable bonds is 6. The van der Waals surface area contributed by atoms with Crippen LogP contribution in [-0.4, -0.2) is 59.3 Å².